The maximum absolute atomic E-state index is 12.5. The zero-order valence-corrected chi connectivity index (χ0v) is 16.3. The molecule has 1 aliphatic heterocycles. The Bertz CT molecular complexity index is 650. The molecule has 1 aromatic rings. The molecule has 1 aliphatic rings. The molecule has 0 aliphatic carbocycles. The highest BCUT2D eigenvalue weighted by Crippen LogP contribution is 2.30. The number of esters is 2. The number of carbonyl (C=O) groups excluding carboxylic acids is 2. The Balaban J connectivity index is 2.23. The lowest BCUT2D eigenvalue weighted by atomic mass is 9.97. The molecule has 0 amide bonds. The number of hydrogen-bond donors (Lipinski definition) is 0. The molecule has 0 saturated carbocycles. The minimum absolute atomic E-state index is 0.143. The van der Waals surface area contributed by atoms with Crippen molar-refractivity contribution in [2.75, 3.05) is 31.7 Å². The van der Waals surface area contributed by atoms with Crippen molar-refractivity contribution in [2.45, 2.75) is 46.1 Å². The zero-order chi connectivity index (χ0) is 19.3. The Labute approximate surface area is 155 Å². The number of hydrogen-bond acceptors (Lipinski definition) is 6. The first kappa shape index (κ1) is 20.1. The molecule has 1 atom stereocenters. The Hall–Kier alpha value is -2.24. The van der Waals surface area contributed by atoms with E-state index in [1.54, 1.807) is 12.1 Å². The fraction of sp³-hybridized carbons (Fsp3) is 0.600. The molecular weight excluding hydrogens is 334 g/mol. The van der Waals surface area contributed by atoms with Crippen molar-refractivity contribution in [3.8, 4) is 5.75 Å². The third-order valence-corrected chi connectivity index (χ3v) is 4.21. The van der Waals surface area contributed by atoms with Crippen LogP contribution in [0.1, 0.15) is 50.9 Å². The second kappa shape index (κ2) is 8.43. The van der Waals surface area contributed by atoms with Crippen LogP contribution in [0.25, 0.3) is 0 Å². The van der Waals surface area contributed by atoms with E-state index >= 15 is 0 Å². The maximum atomic E-state index is 12.5. The Kier molecular flexibility index (Phi) is 6.51. The Morgan fingerprint density at radius 1 is 1.27 bits per heavy atom. The van der Waals surface area contributed by atoms with E-state index in [1.807, 2.05) is 33.8 Å². The lowest BCUT2D eigenvalue weighted by molar-refractivity contribution is -0.148. The van der Waals surface area contributed by atoms with E-state index in [-0.39, 0.29) is 11.9 Å². The molecule has 0 spiro atoms. The Morgan fingerprint density at radius 2 is 2.00 bits per heavy atom. The van der Waals surface area contributed by atoms with Gasteiger partial charge in [-0.1, -0.05) is 0 Å². The molecule has 0 N–H and O–H groups in total. The quantitative estimate of drug-likeness (QED) is 0.747. The third-order valence-electron chi connectivity index (χ3n) is 4.21. The van der Waals surface area contributed by atoms with Gasteiger partial charge in [-0.3, -0.25) is 4.79 Å². The highest BCUT2D eigenvalue weighted by Gasteiger charge is 2.28. The average Bonchev–Trinajstić information content (AvgIpc) is 2.60. The summed E-state index contributed by atoms with van der Waals surface area (Å²) in [5.41, 5.74) is 0.678. The van der Waals surface area contributed by atoms with Crippen LogP contribution in [0.15, 0.2) is 18.2 Å². The van der Waals surface area contributed by atoms with E-state index in [0.717, 1.165) is 25.1 Å². The van der Waals surface area contributed by atoms with Crippen molar-refractivity contribution in [2.24, 2.45) is 5.92 Å². The number of nitrogens with zero attached hydrogens (tertiary/aromatic N) is 1. The van der Waals surface area contributed by atoms with E-state index in [0.29, 0.717) is 24.5 Å². The molecular formula is C20H29NO5. The van der Waals surface area contributed by atoms with Crippen LogP contribution >= 0.6 is 0 Å². The largest absolute Gasteiger partial charge is 0.496 e. The number of carbonyl (C=O) groups is 2. The lowest BCUT2D eigenvalue weighted by Crippen LogP contribution is -2.39. The molecule has 1 heterocycles. The summed E-state index contributed by atoms with van der Waals surface area (Å²) < 4.78 is 16.0. The second-order valence-electron chi connectivity index (χ2n) is 7.42. The van der Waals surface area contributed by atoms with Gasteiger partial charge in [-0.25, -0.2) is 4.79 Å². The summed E-state index contributed by atoms with van der Waals surface area (Å²) in [6.07, 6.45) is 1.72. The third kappa shape index (κ3) is 5.13. The van der Waals surface area contributed by atoms with Crippen molar-refractivity contribution in [1.29, 1.82) is 0 Å². The predicted octanol–water partition coefficient (Wildman–Crippen LogP) is 3.43. The molecule has 0 radical (unpaired) electrons. The van der Waals surface area contributed by atoms with Crippen LogP contribution < -0.4 is 9.64 Å². The zero-order valence-electron chi connectivity index (χ0n) is 16.3. The van der Waals surface area contributed by atoms with Gasteiger partial charge in [0.1, 0.15) is 16.9 Å². The van der Waals surface area contributed by atoms with Crippen LogP contribution in [0.3, 0.4) is 0 Å². The van der Waals surface area contributed by atoms with E-state index < -0.39 is 11.6 Å². The molecule has 144 valence electrons. The summed E-state index contributed by atoms with van der Waals surface area (Å²) >= 11 is 0. The molecule has 6 nitrogen and oxygen atoms in total. The highest BCUT2D eigenvalue weighted by molar-refractivity contribution is 5.94. The summed E-state index contributed by atoms with van der Waals surface area (Å²) in [5, 5.41) is 0. The summed E-state index contributed by atoms with van der Waals surface area (Å²) in [6, 6.07) is 5.45. The minimum atomic E-state index is -0.585. The van der Waals surface area contributed by atoms with Gasteiger partial charge < -0.3 is 19.1 Å². The van der Waals surface area contributed by atoms with Gasteiger partial charge in [-0.05, 0) is 58.7 Å². The average molecular weight is 363 g/mol. The predicted molar refractivity (Wildman–Crippen MR) is 99.7 cm³/mol. The van der Waals surface area contributed by atoms with Crippen LogP contribution in [-0.4, -0.2) is 44.3 Å². The monoisotopic (exact) mass is 363 g/mol. The molecule has 6 heteroatoms. The topological polar surface area (TPSA) is 65.1 Å². The van der Waals surface area contributed by atoms with Crippen molar-refractivity contribution in [1.82, 2.24) is 0 Å². The second-order valence-corrected chi connectivity index (χ2v) is 7.42. The first-order valence-corrected chi connectivity index (χ1v) is 9.08. The van der Waals surface area contributed by atoms with Gasteiger partial charge in [0.15, 0.2) is 0 Å². The fourth-order valence-electron chi connectivity index (χ4n) is 3.05. The van der Waals surface area contributed by atoms with Crippen LogP contribution in [0.5, 0.6) is 5.75 Å². The van der Waals surface area contributed by atoms with Gasteiger partial charge >= 0.3 is 11.9 Å². The number of anilines is 1. The van der Waals surface area contributed by atoms with Crippen molar-refractivity contribution >= 4 is 17.6 Å². The number of benzene rings is 1. The first-order chi connectivity index (χ1) is 12.2. The molecule has 2 rings (SSSR count). The van der Waals surface area contributed by atoms with Gasteiger partial charge in [0.05, 0.1) is 19.6 Å². The minimum Gasteiger partial charge on any atom is -0.496 e. The molecule has 1 fully saturated rings. The van der Waals surface area contributed by atoms with Crippen LogP contribution in [0.4, 0.5) is 5.69 Å². The Morgan fingerprint density at radius 3 is 2.62 bits per heavy atom. The number of rotatable bonds is 5. The van der Waals surface area contributed by atoms with Gasteiger partial charge in [0, 0.05) is 18.8 Å². The molecule has 1 unspecified atom stereocenters. The van der Waals surface area contributed by atoms with Crippen LogP contribution in [-0.2, 0) is 14.3 Å². The van der Waals surface area contributed by atoms with E-state index in [1.165, 1.54) is 7.11 Å². The standard InChI is InChI=1S/C20H29NO5/c1-6-25-18(22)14-8-7-11-21(13-14)15-9-10-17(24-5)16(12-15)19(23)26-20(2,3)4/h9-10,12,14H,6-8,11,13H2,1-5H3. The molecule has 1 saturated heterocycles. The van der Waals surface area contributed by atoms with Crippen molar-refractivity contribution in [3.05, 3.63) is 23.8 Å². The SMILES string of the molecule is CCOC(=O)C1CCCN(c2ccc(OC)c(C(=O)OC(C)(C)C)c2)C1. The highest BCUT2D eigenvalue weighted by atomic mass is 16.6. The summed E-state index contributed by atoms with van der Waals surface area (Å²) in [4.78, 5) is 26.7. The van der Waals surface area contributed by atoms with Gasteiger partial charge in [-0.15, -0.1) is 0 Å². The molecule has 26 heavy (non-hydrogen) atoms. The summed E-state index contributed by atoms with van der Waals surface area (Å²) in [6.45, 7) is 9.10. The van der Waals surface area contributed by atoms with E-state index in [9.17, 15) is 9.59 Å². The fourth-order valence-corrected chi connectivity index (χ4v) is 3.05. The van der Waals surface area contributed by atoms with Gasteiger partial charge in [-0.2, -0.15) is 0 Å². The number of piperidine rings is 1. The van der Waals surface area contributed by atoms with Crippen molar-refractivity contribution < 1.29 is 23.8 Å². The van der Waals surface area contributed by atoms with Gasteiger partial charge in [0.25, 0.3) is 0 Å². The maximum Gasteiger partial charge on any atom is 0.342 e. The summed E-state index contributed by atoms with van der Waals surface area (Å²) in [5.74, 6) is -0.244. The summed E-state index contributed by atoms with van der Waals surface area (Å²) in [7, 11) is 1.53. The lowest BCUT2D eigenvalue weighted by Gasteiger charge is -2.33. The number of ether oxygens (including phenoxy) is 3. The number of methoxy groups -OCH3 is 1. The van der Waals surface area contributed by atoms with Crippen molar-refractivity contribution in [3.63, 3.8) is 0 Å². The van der Waals surface area contributed by atoms with E-state index in [2.05, 4.69) is 4.90 Å². The molecule has 0 bridgehead atoms. The smallest absolute Gasteiger partial charge is 0.342 e. The van der Waals surface area contributed by atoms with E-state index in [4.69, 9.17) is 14.2 Å². The first-order valence-electron chi connectivity index (χ1n) is 9.08. The van der Waals surface area contributed by atoms with Crippen LogP contribution in [0.2, 0.25) is 0 Å². The molecule has 0 aromatic heterocycles. The molecule has 1 aromatic carbocycles. The van der Waals surface area contributed by atoms with Crippen LogP contribution in [0, 0.1) is 5.92 Å². The normalized spacial score (nSPS) is 17.6. The van der Waals surface area contributed by atoms with Gasteiger partial charge in [0.2, 0.25) is 0 Å².